The summed E-state index contributed by atoms with van der Waals surface area (Å²) in [6, 6.07) is 5.71. The number of aliphatic hydroxyl groups is 1. The summed E-state index contributed by atoms with van der Waals surface area (Å²) in [5.74, 6) is -2.17. The number of nitrogens with zero attached hydrogens (tertiary/aromatic N) is 3. The highest BCUT2D eigenvalue weighted by Crippen LogP contribution is 2.52. The van der Waals surface area contributed by atoms with Crippen LogP contribution < -0.4 is 0 Å². The third-order valence-corrected chi connectivity index (χ3v) is 9.06. The van der Waals surface area contributed by atoms with E-state index >= 15 is 0 Å². The van der Waals surface area contributed by atoms with E-state index in [1.165, 1.54) is 33.4 Å². The number of fused-ring (bicyclic) bond motifs is 1. The van der Waals surface area contributed by atoms with E-state index in [9.17, 15) is 24.6 Å². The predicted octanol–water partition coefficient (Wildman–Crippen LogP) is 2.22. The first kappa shape index (κ1) is 25.7. The molecule has 2 amide bonds. The fourth-order valence-corrected chi connectivity index (χ4v) is 7.33. The highest BCUT2D eigenvalue weighted by Gasteiger charge is 2.60. The predicted molar refractivity (Wildman–Crippen MR) is 134 cm³/mol. The van der Waals surface area contributed by atoms with Crippen molar-refractivity contribution in [1.29, 1.82) is 0 Å². The Morgan fingerprint density at radius 1 is 1.26 bits per heavy atom. The second-order valence-corrected chi connectivity index (χ2v) is 11.7. The molecule has 1 aromatic rings. The van der Waals surface area contributed by atoms with Crippen molar-refractivity contribution in [2.75, 3.05) is 20.6 Å². The summed E-state index contributed by atoms with van der Waals surface area (Å²) in [4.78, 5) is 43.7. The van der Waals surface area contributed by atoms with Gasteiger partial charge >= 0.3 is 5.97 Å². The highest BCUT2D eigenvalue weighted by molar-refractivity contribution is 8.03. The standard InChI is InChI=1S/C26H35N3O5S/c1-13-7-8-17(14(2)9-13)11-28-12-18(10-19(28)24(31)27(5)6)35-23-15(3)21-20(16(4)30)25(32)29(21)22(23)26(33)34/h7-9,15-16,18-21,30H,10-12H2,1-6H3,(H,33,34)/t15-,16-,18+,19+,20-,21-/m1/s1. The van der Waals surface area contributed by atoms with Gasteiger partial charge in [-0.1, -0.05) is 30.7 Å². The molecular weight excluding hydrogens is 466 g/mol. The third-order valence-electron chi connectivity index (χ3n) is 7.57. The largest absolute Gasteiger partial charge is 0.477 e. The van der Waals surface area contributed by atoms with Gasteiger partial charge in [0.25, 0.3) is 0 Å². The van der Waals surface area contributed by atoms with Gasteiger partial charge in [0.05, 0.1) is 24.1 Å². The number of rotatable bonds is 7. The summed E-state index contributed by atoms with van der Waals surface area (Å²) in [6.45, 7) is 8.94. The van der Waals surface area contributed by atoms with Crippen molar-refractivity contribution in [3.05, 3.63) is 45.5 Å². The second-order valence-electron chi connectivity index (χ2n) is 10.4. The average molecular weight is 502 g/mol. The third kappa shape index (κ3) is 4.49. The minimum absolute atomic E-state index is 0.0141. The lowest BCUT2D eigenvalue weighted by Gasteiger charge is -2.46. The number of benzene rings is 1. The number of carbonyl (C=O) groups excluding carboxylic acids is 2. The van der Waals surface area contributed by atoms with Gasteiger partial charge in [0, 0.05) is 43.3 Å². The van der Waals surface area contributed by atoms with Crippen molar-refractivity contribution in [2.45, 2.75) is 64.1 Å². The molecule has 1 aromatic carbocycles. The fraction of sp³-hybridized carbons (Fsp3) is 0.577. The van der Waals surface area contributed by atoms with Crippen molar-refractivity contribution < 1.29 is 24.6 Å². The van der Waals surface area contributed by atoms with E-state index in [0.29, 0.717) is 24.4 Å². The molecule has 3 aliphatic heterocycles. The van der Waals surface area contributed by atoms with E-state index < -0.39 is 18.0 Å². The van der Waals surface area contributed by atoms with Gasteiger partial charge in [-0.05, 0) is 38.3 Å². The van der Waals surface area contributed by atoms with Gasteiger partial charge < -0.3 is 20.0 Å². The maximum atomic E-state index is 13.1. The topological polar surface area (TPSA) is 101 Å². The molecule has 0 aromatic heterocycles. The number of aryl methyl sites for hydroxylation is 2. The van der Waals surface area contributed by atoms with Crippen molar-refractivity contribution >= 4 is 29.5 Å². The smallest absolute Gasteiger partial charge is 0.353 e. The number of carboxylic acids is 1. The number of thioether (sulfide) groups is 1. The average Bonchev–Trinajstić information content (AvgIpc) is 3.26. The molecule has 0 aliphatic carbocycles. The SMILES string of the molecule is Cc1ccc(CN2C[C@@H](SC3=C(C(=O)O)N4C(=O)[C@H]([C@@H](C)O)[C@H]4[C@H]3C)C[C@H]2C(=O)N(C)C)c(C)c1. The zero-order chi connectivity index (χ0) is 25.8. The maximum Gasteiger partial charge on any atom is 0.353 e. The van der Waals surface area contributed by atoms with Gasteiger partial charge in [0.15, 0.2) is 0 Å². The zero-order valence-corrected chi connectivity index (χ0v) is 22.0. The molecule has 0 radical (unpaired) electrons. The summed E-state index contributed by atoms with van der Waals surface area (Å²) in [6.07, 6.45) is -0.221. The Balaban J connectivity index is 1.59. The van der Waals surface area contributed by atoms with Crippen LogP contribution in [-0.4, -0.2) is 86.8 Å². The number of likely N-dealkylation sites (N-methyl/N-ethyl adjacent to an activating group) is 1. The molecule has 0 saturated carbocycles. The molecule has 0 unspecified atom stereocenters. The zero-order valence-electron chi connectivity index (χ0n) is 21.2. The monoisotopic (exact) mass is 501 g/mol. The number of β-lactam (4-membered cyclic amide) rings is 1. The van der Waals surface area contributed by atoms with Gasteiger partial charge in [-0.15, -0.1) is 11.8 Å². The first-order valence-corrected chi connectivity index (χ1v) is 13.0. The van der Waals surface area contributed by atoms with Crippen LogP contribution in [0.5, 0.6) is 0 Å². The summed E-state index contributed by atoms with van der Waals surface area (Å²) >= 11 is 1.49. The molecule has 0 spiro atoms. The quantitative estimate of drug-likeness (QED) is 0.553. The highest BCUT2D eigenvalue weighted by atomic mass is 32.2. The summed E-state index contributed by atoms with van der Waals surface area (Å²) in [5.41, 5.74) is 3.59. The van der Waals surface area contributed by atoms with Crippen LogP contribution in [0.4, 0.5) is 0 Å². The van der Waals surface area contributed by atoms with Crippen molar-refractivity contribution in [3.63, 3.8) is 0 Å². The van der Waals surface area contributed by atoms with Crippen LogP contribution in [0.25, 0.3) is 0 Å². The number of carbonyl (C=O) groups is 3. The molecule has 6 atom stereocenters. The van der Waals surface area contributed by atoms with E-state index in [4.69, 9.17) is 0 Å². The molecule has 2 saturated heterocycles. The lowest BCUT2D eigenvalue weighted by molar-refractivity contribution is -0.163. The first-order chi connectivity index (χ1) is 16.4. The molecule has 3 heterocycles. The van der Waals surface area contributed by atoms with Gasteiger partial charge in [-0.25, -0.2) is 4.79 Å². The Bertz CT molecular complexity index is 1080. The number of likely N-dealkylation sites (tertiary alicyclic amines) is 1. The van der Waals surface area contributed by atoms with Crippen LogP contribution in [0.1, 0.15) is 37.0 Å². The number of aliphatic carboxylic acids is 1. The van der Waals surface area contributed by atoms with E-state index in [-0.39, 0.29) is 40.8 Å². The molecule has 35 heavy (non-hydrogen) atoms. The van der Waals surface area contributed by atoms with Crippen LogP contribution in [0, 0.1) is 25.7 Å². The van der Waals surface area contributed by atoms with Crippen molar-refractivity contribution in [2.24, 2.45) is 11.8 Å². The Hall–Kier alpha value is -2.36. The lowest BCUT2D eigenvalue weighted by Crippen LogP contribution is -2.63. The number of hydrogen-bond acceptors (Lipinski definition) is 6. The van der Waals surface area contributed by atoms with E-state index in [0.717, 1.165) is 0 Å². The van der Waals surface area contributed by atoms with Gasteiger partial charge in [-0.3, -0.25) is 14.5 Å². The number of aliphatic hydroxyl groups excluding tert-OH is 1. The molecule has 2 N–H and O–H groups in total. The van der Waals surface area contributed by atoms with Crippen LogP contribution in [0.3, 0.4) is 0 Å². The Morgan fingerprint density at radius 2 is 1.94 bits per heavy atom. The normalized spacial score (nSPS) is 29.3. The number of carboxylic acid groups (broad SMARTS) is 1. The lowest BCUT2D eigenvalue weighted by atomic mass is 9.79. The molecule has 4 rings (SSSR count). The Kier molecular flexibility index (Phi) is 7.05. The molecule has 2 fully saturated rings. The van der Waals surface area contributed by atoms with Gasteiger partial charge in [0.1, 0.15) is 5.70 Å². The van der Waals surface area contributed by atoms with E-state index in [1.807, 2.05) is 6.92 Å². The summed E-state index contributed by atoms with van der Waals surface area (Å²) in [7, 11) is 3.52. The van der Waals surface area contributed by atoms with Crippen molar-refractivity contribution in [1.82, 2.24) is 14.7 Å². The van der Waals surface area contributed by atoms with Gasteiger partial charge in [-0.2, -0.15) is 0 Å². The molecule has 8 nitrogen and oxygen atoms in total. The van der Waals surface area contributed by atoms with Crippen LogP contribution in [0.15, 0.2) is 28.8 Å². The minimum Gasteiger partial charge on any atom is -0.477 e. The maximum absolute atomic E-state index is 13.1. The molecule has 190 valence electrons. The number of amides is 2. The molecule has 9 heteroatoms. The summed E-state index contributed by atoms with van der Waals surface area (Å²) in [5, 5.41) is 20.1. The number of hydrogen-bond donors (Lipinski definition) is 2. The first-order valence-electron chi connectivity index (χ1n) is 12.1. The second kappa shape index (κ2) is 9.59. The van der Waals surface area contributed by atoms with E-state index in [1.54, 1.807) is 25.9 Å². The Morgan fingerprint density at radius 3 is 2.51 bits per heavy atom. The van der Waals surface area contributed by atoms with Crippen LogP contribution in [-0.2, 0) is 20.9 Å². The Labute approximate surface area is 210 Å². The minimum atomic E-state index is -1.12. The van der Waals surface area contributed by atoms with Crippen molar-refractivity contribution in [3.8, 4) is 0 Å². The molecule has 0 bridgehead atoms. The van der Waals surface area contributed by atoms with Crippen LogP contribution in [0.2, 0.25) is 0 Å². The van der Waals surface area contributed by atoms with Crippen LogP contribution >= 0.6 is 11.8 Å². The van der Waals surface area contributed by atoms with E-state index in [2.05, 4.69) is 36.9 Å². The summed E-state index contributed by atoms with van der Waals surface area (Å²) < 4.78 is 0. The van der Waals surface area contributed by atoms with Gasteiger partial charge in [0.2, 0.25) is 11.8 Å². The molecular formula is C26H35N3O5S. The molecule has 3 aliphatic rings. The fourth-order valence-electron chi connectivity index (χ4n) is 5.78.